The van der Waals surface area contributed by atoms with Crippen molar-refractivity contribution in [3.8, 4) is 11.3 Å². The molecular weight excluding hydrogens is 506 g/mol. The highest BCUT2D eigenvalue weighted by Gasteiger charge is 2.23. The van der Waals surface area contributed by atoms with Crippen molar-refractivity contribution in [3.05, 3.63) is 108 Å². The number of imidazole rings is 1. The van der Waals surface area contributed by atoms with Crippen LogP contribution < -0.4 is 10.6 Å². The maximum Gasteiger partial charge on any atom is 0.274 e. The van der Waals surface area contributed by atoms with E-state index in [1.165, 1.54) is 10.9 Å². The quantitative estimate of drug-likeness (QED) is 0.328. The fraction of sp³-hybridized carbons (Fsp3) is 0.167. The predicted octanol–water partition coefficient (Wildman–Crippen LogP) is 4.65. The van der Waals surface area contributed by atoms with E-state index in [9.17, 15) is 9.59 Å². The van der Waals surface area contributed by atoms with Crippen LogP contribution in [0.3, 0.4) is 0 Å². The molecule has 0 saturated carbocycles. The minimum atomic E-state index is -0.451. The molecule has 0 aliphatic carbocycles. The van der Waals surface area contributed by atoms with Gasteiger partial charge in [-0.25, -0.2) is 9.97 Å². The summed E-state index contributed by atoms with van der Waals surface area (Å²) in [6.07, 6.45) is 9.71. The SMILES string of the molecule is CC1CC=C(NC(=O)c2c(C(=O)NCc3nc4ccccc4o3)cnn2C)C=Cn2cc(-c3ccccc3)nc21. The summed E-state index contributed by atoms with van der Waals surface area (Å²) in [6, 6.07) is 17.4. The normalized spacial score (nSPS) is 14.8. The molecule has 1 aliphatic rings. The van der Waals surface area contributed by atoms with E-state index >= 15 is 0 Å². The van der Waals surface area contributed by atoms with Gasteiger partial charge in [0.25, 0.3) is 11.8 Å². The molecule has 3 aromatic heterocycles. The Morgan fingerprint density at radius 3 is 2.67 bits per heavy atom. The summed E-state index contributed by atoms with van der Waals surface area (Å²) in [5.41, 5.74) is 4.21. The Morgan fingerprint density at radius 1 is 1.05 bits per heavy atom. The third kappa shape index (κ3) is 4.94. The lowest BCUT2D eigenvalue weighted by Gasteiger charge is -2.15. The van der Waals surface area contributed by atoms with Crippen molar-refractivity contribution in [1.29, 1.82) is 0 Å². The number of hydrogen-bond donors (Lipinski definition) is 2. The van der Waals surface area contributed by atoms with Gasteiger partial charge in [0.15, 0.2) is 5.58 Å². The smallest absolute Gasteiger partial charge is 0.274 e. The van der Waals surface area contributed by atoms with Gasteiger partial charge < -0.3 is 19.6 Å². The molecular formula is C30H27N7O3. The highest BCUT2D eigenvalue weighted by molar-refractivity contribution is 6.06. The molecule has 0 bridgehead atoms. The summed E-state index contributed by atoms with van der Waals surface area (Å²) in [5.74, 6) is 0.554. The molecule has 2 aromatic carbocycles. The van der Waals surface area contributed by atoms with Crippen LogP contribution in [0.15, 0.2) is 89.3 Å². The Bertz CT molecular complexity index is 1740. The zero-order chi connectivity index (χ0) is 27.6. The Kier molecular flexibility index (Phi) is 6.57. The van der Waals surface area contributed by atoms with Crippen molar-refractivity contribution in [1.82, 2.24) is 34.9 Å². The van der Waals surface area contributed by atoms with Crippen molar-refractivity contribution < 1.29 is 14.0 Å². The lowest BCUT2D eigenvalue weighted by atomic mass is 10.1. The number of benzene rings is 2. The summed E-state index contributed by atoms with van der Waals surface area (Å²) in [4.78, 5) is 35.6. The number of carbonyl (C=O) groups excluding carboxylic acids is 2. The van der Waals surface area contributed by atoms with Crippen LogP contribution in [0, 0.1) is 0 Å². The maximum atomic E-state index is 13.3. The van der Waals surface area contributed by atoms with E-state index in [0.29, 0.717) is 29.1 Å². The molecule has 0 radical (unpaired) electrons. The van der Waals surface area contributed by atoms with Gasteiger partial charge in [0, 0.05) is 36.6 Å². The second kappa shape index (κ2) is 10.5. The average Bonchev–Trinajstić information content (AvgIpc) is 3.69. The van der Waals surface area contributed by atoms with Crippen molar-refractivity contribution in [2.75, 3.05) is 0 Å². The number of aryl methyl sites for hydroxylation is 1. The molecule has 0 fully saturated rings. The molecule has 4 heterocycles. The minimum Gasteiger partial charge on any atom is -0.439 e. The monoisotopic (exact) mass is 533 g/mol. The van der Waals surface area contributed by atoms with Gasteiger partial charge in [-0.1, -0.05) is 55.5 Å². The maximum absolute atomic E-state index is 13.3. The summed E-state index contributed by atoms with van der Waals surface area (Å²) >= 11 is 0. The highest BCUT2D eigenvalue weighted by Crippen LogP contribution is 2.27. The molecule has 1 aliphatic heterocycles. The number of hydrogen-bond acceptors (Lipinski definition) is 6. The van der Waals surface area contributed by atoms with Crippen LogP contribution in [0.5, 0.6) is 0 Å². The average molecular weight is 534 g/mol. The van der Waals surface area contributed by atoms with Crippen LogP contribution in [0.2, 0.25) is 0 Å². The fourth-order valence-corrected chi connectivity index (χ4v) is 4.68. The number of nitrogens with zero attached hydrogens (tertiary/aromatic N) is 5. The van der Waals surface area contributed by atoms with E-state index in [4.69, 9.17) is 9.40 Å². The first-order valence-electron chi connectivity index (χ1n) is 12.9. The number of nitrogens with one attached hydrogen (secondary N) is 2. The van der Waals surface area contributed by atoms with Crippen molar-refractivity contribution in [2.24, 2.45) is 7.05 Å². The van der Waals surface area contributed by atoms with Gasteiger partial charge in [-0.2, -0.15) is 5.10 Å². The first kappa shape index (κ1) is 25.1. The molecule has 40 heavy (non-hydrogen) atoms. The first-order chi connectivity index (χ1) is 19.5. The van der Waals surface area contributed by atoms with Gasteiger partial charge in [-0.05, 0) is 24.6 Å². The van der Waals surface area contributed by atoms with E-state index in [0.717, 1.165) is 17.1 Å². The molecule has 10 nitrogen and oxygen atoms in total. The number of carbonyl (C=O) groups is 2. The van der Waals surface area contributed by atoms with Crippen LogP contribution in [0.25, 0.3) is 28.6 Å². The molecule has 0 saturated heterocycles. The topological polar surface area (TPSA) is 120 Å². The van der Waals surface area contributed by atoms with Gasteiger partial charge in [0.2, 0.25) is 5.89 Å². The summed E-state index contributed by atoms with van der Waals surface area (Å²) in [5, 5.41) is 9.86. The number of allylic oxidation sites excluding steroid dienone is 2. The lowest BCUT2D eigenvalue weighted by molar-refractivity contribution is 0.0917. The van der Waals surface area contributed by atoms with Gasteiger partial charge in [0.1, 0.15) is 17.0 Å². The Labute approximate surface area is 230 Å². The Hall–Kier alpha value is -5.25. The summed E-state index contributed by atoms with van der Waals surface area (Å²) < 4.78 is 9.05. The Morgan fingerprint density at radius 2 is 1.85 bits per heavy atom. The van der Waals surface area contributed by atoms with Crippen LogP contribution in [0.1, 0.15) is 51.8 Å². The third-order valence-electron chi connectivity index (χ3n) is 6.77. The van der Waals surface area contributed by atoms with E-state index in [1.807, 2.05) is 83.7 Å². The zero-order valence-corrected chi connectivity index (χ0v) is 22.0. The number of rotatable bonds is 6. The van der Waals surface area contributed by atoms with Gasteiger partial charge >= 0.3 is 0 Å². The minimum absolute atomic E-state index is 0.0768. The van der Waals surface area contributed by atoms with Gasteiger partial charge in [-0.3, -0.25) is 14.3 Å². The van der Waals surface area contributed by atoms with Crippen molar-refractivity contribution in [3.63, 3.8) is 0 Å². The van der Waals surface area contributed by atoms with E-state index in [1.54, 1.807) is 7.05 Å². The third-order valence-corrected chi connectivity index (χ3v) is 6.77. The van der Waals surface area contributed by atoms with E-state index < -0.39 is 11.8 Å². The highest BCUT2D eigenvalue weighted by atomic mass is 16.3. The molecule has 2 N–H and O–H groups in total. The lowest BCUT2D eigenvalue weighted by Crippen LogP contribution is -2.30. The molecule has 1 atom stereocenters. The molecule has 1 unspecified atom stereocenters. The van der Waals surface area contributed by atoms with Crippen molar-refractivity contribution >= 4 is 29.1 Å². The van der Waals surface area contributed by atoms with Gasteiger partial charge in [-0.15, -0.1) is 0 Å². The van der Waals surface area contributed by atoms with E-state index in [2.05, 4.69) is 27.6 Å². The molecule has 200 valence electrons. The zero-order valence-electron chi connectivity index (χ0n) is 22.0. The molecule has 2 amide bonds. The number of oxazole rings is 1. The van der Waals surface area contributed by atoms with E-state index in [-0.39, 0.29) is 23.7 Å². The molecule has 6 rings (SSSR count). The second-order valence-electron chi connectivity index (χ2n) is 9.61. The fourth-order valence-electron chi connectivity index (χ4n) is 4.68. The largest absolute Gasteiger partial charge is 0.439 e. The summed E-state index contributed by atoms with van der Waals surface area (Å²) in [6.45, 7) is 2.18. The predicted molar refractivity (Wildman–Crippen MR) is 150 cm³/mol. The van der Waals surface area contributed by atoms with Gasteiger partial charge in [0.05, 0.1) is 24.0 Å². The molecule has 0 spiro atoms. The van der Waals surface area contributed by atoms with Crippen LogP contribution in [0.4, 0.5) is 0 Å². The molecule has 5 aromatic rings. The van der Waals surface area contributed by atoms with Crippen LogP contribution in [-0.4, -0.2) is 36.1 Å². The first-order valence-corrected chi connectivity index (χ1v) is 12.9. The molecule has 10 heteroatoms. The van der Waals surface area contributed by atoms with Crippen molar-refractivity contribution in [2.45, 2.75) is 25.8 Å². The summed E-state index contributed by atoms with van der Waals surface area (Å²) in [7, 11) is 1.62. The number of amides is 2. The van der Waals surface area contributed by atoms with Crippen LogP contribution >= 0.6 is 0 Å². The number of aromatic nitrogens is 5. The number of fused-ring (bicyclic) bond motifs is 2. The number of para-hydroxylation sites is 2. The standard InChI is InChI=1S/C30H27N7O3/c1-19-12-13-21(14-15-37-18-24(35-28(19)37)20-8-4-3-5-9-20)33-30(39)27-22(16-32-36(27)2)29(38)31-17-26-34-23-10-6-7-11-25(23)40-26/h3-11,13-16,18-19H,12,17H2,1-2H3,(H,31,38)(H,33,39). The Balaban J connectivity index is 1.17. The second-order valence-corrected chi connectivity index (χ2v) is 9.61. The van der Waals surface area contributed by atoms with Crippen LogP contribution in [-0.2, 0) is 13.6 Å².